The van der Waals surface area contributed by atoms with E-state index in [1.165, 1.54) is 0 Å². The van der Waals surface area contributed by atoms with E-state index in [9.17, 15) is 0 Å². The van der Waals surface area contributed by atoms with Crippen LogP contribution >= 0.6 is 0 Å². The van der Waals surface area contributed by atoms with Crippen molar-refractivity contribution in [1.82, 2.24) is 5.32 Å². The molecule has 11 heavy (non-hydrogen) atoms. The predicted octanol–water partition coefficient (Wildman–Crippen LogP) is -0.0294. The van der Waals surface area contributed by atoms with E-state index in [4.69, 9.17) is 15.9 Å². The average molecular weight is 155 g/mol. The quantitative estimate of drug-likeness (QED) is 0.449. The van der Waals surface area contributed by atoms with Crippen molar-refractivity contribution in [3.05, 3.63) is 0 Å². The van der Waals surface area contributed by atoms with Gasteiger partial charge in [-0.1, -0.05) is 6.42 Å². The van der Waals surface area contributed by atoms with E-state index in [0.29, 0.717) is 6.61 Å². The summed E-state index contributed by atoms with van der Waals surface area (Å²) in [5.74, 6) is 0. The van der Waals surface area contributed by atoms with Crippen molar-refractivity contribution in [3.8, 4) is 12.5 Å². The summed E-state index contributed by atoms with van der Waals surface area (Å²) in [6, 6.07) is 2.66. The van der Waals surface area contributed by atoms with Crippen LogP contribution < -0.4 is 5.32 Å². The molecule has 1 fully saturated rings. The summed E-state index contributed by atoms with van der Waals surface area (Å²) in [6.45, 7) is 1.40. The predicted molar refractivity (Wildman–Crippen MR) is 42.0 cm³/mol. The maximum Gasteiger partial charge on any atom is 0.101 e. The van der Waals surface area contributed by atoms with Crippen LogP contribution in [-0.4, -0.2) is 32.5 Å². The van der Waals surface area contributed by atoms with Crippen molar-refractivity contribution in [2.75, 3.05) is 20.3 Å². The fraction of sp³-hybridized carbons (Fsp3) is 0.750. The van der Waals surface area contributed by atoms with E-state index in [2.05, 4.69) is 11.4 Å². The molecule has 0 saturated carbocycles. The number of methoxy groups -OCH3 is 1. The minimum Gasteiger partial charge on any atom is -0.379 e. The van der Waals surface area contributed by atoms with Crippen LogP contribution in [0.3, 0.4) is 0 Å². The van der Waals surface area contributed by atoms with Gasteiger partial charge in [0.05, 0.1) is 12.6 Å². The Morgan fingerprint density at radius 1 is 1.73 bits per heavy atom. The first-order chi connectivity index (χ1) is 5.38. The first kappa shape index (κ1) is 8.38. The molecule has 0 radical (unpaired) electrons. The van der Waals surface area contributed by atoms with Gasteiger partial charge in [-0.05, 0) is 6.42 Å². The molecule has 0 aliphatic carbocycles. The lowest BCUT2D eigenvalue weighted by Crippen LogP contribution is -2.45. The van der Waals surface area contributed by atoms with Gasteiger partial charge in [-0.25, -0.2) is 0 Å². The number of ether oxygens (including phenoxy) is 2. The highest BCUT2D eigenvalue weighted by molar-refractivity contribution is 4.90. The van der Waals surface area contributed by atoms with Gasteiger partial charge in [0, 0.05) is 19.8 Å². The van der Waals surface area contributed by atoms with Gasteiger partial charge in [0.15, 0.2) is 0 Å². The molecule has 1 rings (SSSR count). The monoisotopic (exact) mass is 155 g/mol. The lowest BCUT2D eigenvalue weighted by Gasteiger charge is -2.29. The minimum absolute atomic E-state index is 0.0970. The van der Waals surface area contributed by atoms with Crippen LogP contribution in [0.4, 0.5) is 0 Å². The van der Waals surface area contributed by atoms with Gasteiger partial charge in [0.1, 0.15) is 6.10 Å². The Bertz CT molecular complexity index is 153. The summed E-state index contributed by atoms with van der Waals surface area (Å²) in [6.07, 6.45) is 6.14. The van der Waals surface area contributed by atoms with Crippen molar-refractivity contribution in [1.29, 1.82) is 0 Å². The smallest absolute Gasteiger partial charge is 0.101 e. The molecule has 1 aliphatic heterocycles. The highest BCUT2D eigenvalue weighted by atomic mass is 16.5. The Labute approximate surface area is 67.1 Å². The SMILES string of the molecule is C#CN[C@@H]1CCOC[C@@H]1OC. The van der Waals surface area contributed by atoms with Gasteiger partial charge in [0.2, 0.25) is 0 Å². The topological polar surface area (TPSA) is 30.5 Å². The molecule has 3 nitrogen and oxygen atoms in total. The number of hydrogen-bond donors (Lipinski definition) is 1. The van der Waals surface area contributed by atoms with Crippen molar-refractivity contribution in [2.45, 2.75) is 18.6 Å². The summed E-state index contributed by atoms with van der Waals surface area (Å²) in [5, 5.41) is 2.91. The fourth-order valence-electron chi connectivity index (χ4n) is 1.22. The Morgan fingerprint density at radius 3 is 3.18 bits per heavy atom. The highest BCUT2D eigenvalue weighted by Gasteiger charge is 2.24. The zero-order valence-corrected chi connectivity index (χ0v) is 6.67. The third-order valence-corrected chi connectivity index (χ3v) is 1.88. The first-order valence-electron chi connectivity index (χ1n) is 3.70. The molecule has 1 saturated heterocycles. The largest absolute Gasteiger partial charge is 0.379 e. The number of hydrogen-bond acceptors (Lipinski definition) is 3. The minimum atomic E-state index is 0.0970. The van der Waals surface area contributed by atoms with Crippen LogP contribution in [0.15, 0.2) is 0 Å². The highest BCUT2D eigenvalue weighted by Crippen LogP contribution is 2.09. The number of rotatable bonds is 2. The molecule has 1 heterocycles. The van der Waals surface area contributed by atoms with Gasteiger partial charge in [-0.15, -0.1) is 0 Å². The third-order valence-electron chi connectivity index (χ3n) is 1.88. The summed E-state index contributed by atoms with van der Waals surface area (Å²) < 4.78 is 10.4. The van der Waals surface area contributed by atoms with E-state index in [-0.39, 0.29) is 12.1 Å². The lowest BCUT2D eigenvalue weighted by atomic mass is 10.1. The molecule has 1 N–H and O–H groups in total. The van der Waals surface area contributed by atoms with E-state index in [1.54, 1.807) is 7.11 Å². The maximum absolute atomic E-state index is 5.22. The second-order valence-corrected chi connectivity index (χ2v) is 2.53. The van der Waals surface area contributed by atoms with Gasteiger partial charge in [0.25, 0.3) is 0 Å². The van der Waals surface area contributed by atoms with Crippen molar-refractivity contribution in [3.63, 3.8) is 0 Å². The number of terminal acetylenes is 1. The summed E-state index contributed by atoms with van der Waals surface area (Å²) in [7, 11) is 1.67. The molecule has 0 amide bonds. The molecule has 0 spiro atoms. The Morgan fingerprint density at radius 2 is 2.55 bits per heavy atom. The molecule has 3 heteroatoms. The Balaban J connectivity index is 2.39. The molecular formula is C8H13NO2. The standard InChI is InChI=1S/C8H13NO2/c1-3-9-7-4-5-11-6-8(7)10-2/h1,7-9H,4-6H2,2H3/t7-,8+/m1/s1. The molecule has 0 aromatic heterocycles. The molecule has 2 atom stereocenters. The van der Waals surface area contributed by atoms with Crippen LogP contribution in [-0.2, 0) is 9.47 Å². The Kier molecular flexibility index (Phi) is 3.21. The van der Waals surface area contributed by atoms with E-state index >= 15 is 0 Å². The van der Waals surface area contributed by atoms with Gasteiger partial charge in [-0.2, -0.15) is 0 Å². The second kappa shape index (κ2) is 4.22. The van der Waals surface area contributed by atoms with Crippen LogP contribution in [0.5, 0.6) is 0 Å². The van der Waals surface area contributed by atoms with Crippen LogP contribution in [0, 0.1) is 12.5 Å². The maximum atomic E-state index is 5.22. The van der Waals surface area contributed by atoms with Crippen molar-refractivity contribution >= 4 is 0 Å². The van der Waals surface area contributed by atoms with Crippen LogP contribution in [0.1, 0.15) is 6.42 Å². The normalized spacial score (nSPS) is 30.9. The number of nitrogens with one attached hydrogen (secondary N) is 1. The van der Waals surface area contributed by atoms with E-state index < -0.39 is 0 Å². The average Bonchev–Trinajstić information content (AvgIpc) is 2.06. The zero-order chi connectivity index (χ0) is 8.10. The molecule has 0 aromatic carbocycles. The Hall–Kier alpha value is -0.720. The molecule has 0 unspecified atom stereocenters. The van der Waals surface area contributed by atoms with Gasteiger partial charge < -0.3 is 14.8 Å². The zero-order valence-electron chi connectivity index (χ0n) is 6.67. The molecule has 0 bridgehead atoms. The van der Waals surface area contributed by atoms with Crippen molar-refractivity contribution in [2.24, 2.45) is 0 Å². The lowest BCUT2D eigenvalue weighted by molar-refractivity contribution is -0.0462. The fourth-order valence-corrected chi connectivity index (χ4v) is 1.22. The van der Waals surface area contributed by atoms with Crippen molar-refractivity contribution < 1.29 is 9.47 Å². The third kappa shape index (κ3) is 2.11. The van der Waals surface area contributed by atoms with Crippen LogP contribution in [0.2, 0.25) is 0 Å². The molecule has 1 aliphatic rings. The molecule has 62 valence electrons. The molecular weight excluding hydrogens is 142 g/mol. The summed E-state index contributed by atoms with van der Waals surface area (Å²) >= 11 is 0. The van der Waals surface area contributed by atoms with E-state index in [0.717, 1.165) is 13.0 Å². The summed E-state index contributed by atoms with van der Waals surface area (Å²) in [4.78, 5) is 0. The first-order valence-corrected chi connectivity index (χ1v) is 3.70. The van der Waals surface area contributed by atoms with Gasteiger partial charge in [-0.3, -0.25) is 0 Å². The van der Waals surface area contributed by atoms with E-state index in [1.807, 2.05) is 0 Å². The summed E-state index contributed by atoms with van der Waals surface area (Å²) in [5.41, 5.74) is 0. The van der Waals surface area contributed by atoms with Gasteiger partial charge >= 0.3 is 0 Å². The van der Waals surface area contributed by atoms with Crippen LogP contribution in [0.25, 0.3) is 0 Å². The molecule has 0 aromatic rings. The second-order valence-electron chi connectivity index (χ2n) is 2.53.